The van der Waals surface area contributed by atoms with Crippen molar-refractivity contribution < 1.29 is 19.2 Å². The van der Waals surface area contributed by atoms with E-state index in [4.69, 9.17) is 9.26 Å². The number of amides is 1. The molecule has 0 saturated carbocycles. The minimum atomic E-state index is -1.05. The first-order chi connectivity index (χ1) is 13.9. The van der Waals surface area contributed by atoms with Crippen molar-refractivity contribution in [3.05, 3.63) is 18.5 Å². The summed E-state index contributed by atoms with van der Waals surface area (Å²) in [6.45, 7) is 5.77. The van der Waals surface area contributed by atoms with Gasteiger partial charge in [0.05, 0.1) is 23.9 Å². The van der Waals surface area contributed by atoms with Gasteiger partial charge in [0.2, 0.25) is 11.8 Å². The van der Waals surface area contributed by atoms with Crippen molar-refractivity contribution in [2.75, 3.05) is 24.6 Å². The number of hydrogen-bond donors (Lipinski definition) is 2. The van der Waals surface area contributed by atoms with Crippen molar-refractivity contribution in [2.45, 2.75) is 63.3 Å². The third-order valence-corrected chi connectivity index (χ3v) is 5.86. The van der Waals surface area contributed by atoms with Gasteiger partial charge in [0.15, 0.2) is 0 Å². The van der Waals surface area contributed by atoms with Crippen LogP contribution in [-0.2, 0) is 16.1 Å². The van der Waals surface area contributed by atoms with Crippen LogP contribution in [0.1, 0.15) is 38.5 Å². The predicted molar refractivity (Wildman–Crippen MR) is 101 cm³/mol. The fraction of sp³-hybridized carbons (Fsp3) is 0.722. The number of carbonyl (C=O) groups excluding carboxylic acids is 1. The van der Waals surface area contributed by atoms with Crippen LogP contribution in [0, 0.1) is 6.92 Å². The van der Waals surface area contributed by atoms with E-state index < -0.39 is 17.2 Å². The van der Waals surface area contributed by atoms with E-state index in [9.17, 15) is 9.90 Å². The summed E-state index contributed by atoms with van der Waals surface area (Å²) in [6.07, 6.45) is 5.40. The fourth-order valence-electron chi connectivity index (χ4n) is 4.15. The summed E-state index contributed by atoms with van der Waals surface area (Å²) in [7, 11) is 0. The van der Waals surface area contributed by atoms with Crippen LogP contribution in [0.3, 0.4) is 0 Å². The first-order valence-corrected chi connectivity index (χ1v) is 9.89. The molecular weight excluding hydrogens is 378 g/mol. The highest BCUT2D eigenvalue weighted by Gasteiger charge is 2.49. The number of carbonyl (C=O) groups is 1. The van der Waals surface area contributed by atoms with Gasteiger partial charge in [0.1, 0.15) is 12.7 Å². The fourth-order valence-corrected chi connectivity index (χ4v) is 4.15. The molecule has 0 aromatic carbocycles. The Hall–Kier alpha value is -2.53. The molecule has 1 spiro atoms. The van der Waals surface area contributed by atoms with Gasteiger partial charge in [-0.15, -0.1) is 10.2 Å². The first-order valence-electron chi connectivity index (χ1n) is 9.89. The van der Waals surface area contributed by atoms with Gasteiger partial charge >= 0.3 is 0 Å². The van der Waals surface area contributed by atoms with E-state index in [0.717, 1.165) is 25.9 Å². The molecule has 0 radical (unpaired) electrons. The molecule has 158 valence electrons. The van der Waals surface area contributed by atoms with Crippen molar-refractivity contribution in [1.82, 2.24) is 30.2 Å². The monoisotopic (exact) mass is 405 g/mol. The zero-order valence-corrected chi connectivity index (χ0v) is 16.7. The lowest BCUT2D eigenvalue weighted by molar-refractivity contribution is -0.181. The Kier molecular flexibility index (Phi) is 5.26. The molecule has 0 aliphatic carbocycles. The normalized spacial score (nSPS) is 26.6. The molecule has 2 aliphatic heterocycles. The number of hydrogen-bond acceptors (Lipinski definition) is 9. The molecule has 4 heterocycles. The number of ether oxygens (including phenoxy) is 1. The van der Waals surface area contributed by atoms with E-state index >= 15 is 0 Å². The van der Waals surface area contributed by atoms with Crippen molar-refractivity contribution in [1.29, 1.82) is 0 Å². The summed E-state index contributed by atoms with van der Waals surface area (Å²) >= 11 is 0. The van der Waals surface area contributed by atoms with Crippen LogP contribution in [0.15, 0.2) is 17.2 Å². The van der Waals surface area contributed by atoms with E-state index in [2.05, 4.69) is 30.6 Å². The SMILES string of the molecule is Cc1nc(N2CCC3(CC2)C[C@](C)(O)[C@@H](NC(=O)CCn2cnnc2)CO3)no1. The highest BCUT2D eigenvalue weighted by molar-refractivity contribution is 5.76. The Morgan fingerprint density at radius 2 is 2.07 bits per heavy atom. The zero-order valence-electron chi connectivity index (χ0n) is 16.7. The van der Waals surface area contributed by atoms with Gasteiger partial charge in [0.25, 0.3) is 5.95 Å². The number of rotatable bonds is 5. The average molecular weight is 405 g/mol. The molecule has 0 unspecified atom stereocenters. The Labute approximate surface area is 168 Å². The minimum Gasteiger partial charge on any atom is -0.388 e. The van der Waals surface area contributed by atoms with Gasteiger partial charge in [-0.25, -0.2) is 0 Å². The molecule has 2 aromatic rings. The second-order valence-electron chi connectivity index (χ2n) is 8.20. The van der Waals surface area contributed by atoms with Gasteiger partial charge in [-0.2, -0.15) is 4.98 Å². The molecule has 11 nitrogen and oxygen atoms in total. The van der Waals surface area contributed by atoms with Crippen molar-refractivity contribution in [3.8, 4) is 0 Å². The van der Waals surface area contributed by atoms with Crippen LogP contribution in [0.2, 0.25) is 0 Å². The lowest BCUT2D eigenvalue weighted by Crippen LogP contribution is -2.64. The maximum Gasteiger partial charge on any atom is 0.266 e. The van der Waals surface area contributed by atoms with Crippen LogP contribution in [-0.4, -0.2) is 72.9 Å². The van der Waals surface area contributed by atoms with Gasteiger partial charge in [-0.1, -0.05) is 0 Å². The molecular formula is C18H27N7O4. The zero-order chi connectivity index (χ0) is 20.5. The molecule has 29 heavy (non-hydrogen) atoms. The predicted octanol–water partition coefficient (Wildman–Crippen LogP) is 0.0549. The van der Waals surface area contributed by atoms with E-state index in [1.54, 1.807) is 31.1 Å². The lowest BCUT2D eigenvalue weighted by Gasteiger charge is -2.51. The molecule has 11 heteroatoms. The van der Waals surface area contributed by atoms with Crippen LogP contribution in [0.5, 0.6) is 0 Å². The number of nitrogens with zero attached hydrogens (tertiary/aromatic N) is 6. The lowest BCUT2D eigenvalue weighted by atomic mass is 9.75. The maximum atomic E-state index is 12.3. The maximum absolute atomic E-state index is 12.3. The van der Waals surface area contributed by atoms with Gasteiger partial charge in [-0.3, -0.25) is 4.79 Å². The quantitative estimate of drug-likeness (QED) is 0.708. The molecule has 2 atom stereocenters. The Morgan fingerprint density at radius 3 is 2.69 bits per heavy atom. The summed E-state index contributed by atoms with van der Waals surface area (Å²) < 4.78 is 13.0. The number of piperidine rings is 1. The van der Waals surface area contributed by atoms with Gasteiger partial charge in [-0.05, 0) is 24.9 Å². The highest BCUT2D eigenvalue weighted by Crippen LogP contribution is 2.40. The van der Waals surface area contributed by atoms with Gasteiger partial charge < -0.3 is 29.2 Å². The van der Waals surface area contributed by atoms with E-state index in [0.29, 0.717) is 24.8 Å². The smallest absolute Gasteiger partial charge is 0.266 e. The van der Waals surface area contributed by atoms with Crippen LogP contribution >= 0.6 is 0 Å². The molecule has 2 aliphatic rings. The first kappa shape index (κ1) is 19.8. The standard InChI is InChI=1S/C18H27N7O4/c1-13-21-16(23-29-13)25-7-4-18(5-8-25)10-17(2,27)14(9-28-18)22-15(26)3-6-24-11-19-20-12-24/h11-12,14,27H,3-10H2,1-2H3,(H,22,26)/t14-,17-/m0/s1. The van der Waals surface area contributed by atoms with Crippen LogP contribution < -0.4 is 10.2 Å². The largest absolute Gasteiger partial charge is 0.388 e. The molecule has 2 aromatic heterocycles. The number of aryl methyl sites for hydroxylation is 2. The molecule has 1 amide bonds. The Bertz CT molecular complexity index is 827. The number of nitrogens with one attached hydrogen (secondary N) is 1. The van der Waals surface area contributed by atoms with E-state index in [-0.39, 0.29) is 18.9 Å². The van der Waals surface area contributed by atoms with Crippen molar-refractivity contribution in [3.63, 3.8) is 0 Å². The second kappa shape index (κ2) is 7.71. The average Bonchev–Trinajstić information content (AvgIpc) is 3.34. The van der Waals surface area contributed by atoms with Crippen LogP contribution in [0.4, 0.5) is 5.95 Å². The van der Waals surface area contributed by atoms with Gasteiger partial charge in [0, 0.05) is 39.4 Å². The summed E-state index contributed by atoms with van der Waals surface area (Å²) in [4.78, 5) is 18.6. The molecule has 2 N–H and O–H groups in total. The number of aromatic nitrogens is 5. The minimum absolute atomic E-state index is 0.133. The van der Waals surface area contributed by atoms with E-state index in [1.165, 1.54) is 0 Å². The topological polar surface area (TPSA) is 131 Å². The Morgan fingerprint density at radius 1 is 1.34 bits per heavy atom. The molecule has 0 bridgehead atoms. The second-order valence-corrected chi connectivity index (χ2v) is 8.20. The summed E-state index contributed by atoms with van der Waals surface area (Å²) in [5, 5.41) is 25.4. The molecule has 4 rings (SSSR count). The summed E-state index contributed by atoms with van der Waals surface area (Å²) in [6, 6.07) is -0.445. The molecule has 2 saturated heterocycles. The van der Waals surface area contributed by atoms with Crippen LogP contribution in [0.25, 0.3) is 0 Å². The highest BCUT2D eigenvalue weighted by atomic mass is 16.5. The van der Waals surface area contributed by atoms with Crippen molar-refractivity contribution >= 4 is 11.9 Å². The molecule has 2 fully saturated rings. The summed E-state index contributed by atoms with van der Waals surface area (Å²) in [5.41, 5.74) is -1.45. The third kappa shape index (κ3) is 4.40. The third-order valence-electron chi connectivity index (χ3n) is 5.86. The number of aliphatic hydroxyl groups is 1. The van der Waals surface area contributed by atoms with Crippen molar-refractivity contribution in [2.24, 2.45) is 0 Å². The number of anilines is 1. The summed E-state index contributed by atoms with van der Waals surface area (Å²) in [5.74, 6) is 1.00. The Balaban J connectivity index is 1.30. The van der Waals surface area contributed by atoms with E-state index in [1.807, 2.05) is 0 Å².